The van der Waals surface area contributed by atoms with Crippen LogP contribution in [0.2, 0.25) is 0 Å². The lowest BCUT2D eigenvalue weighted by Crippen LogP contribution is -2.38. The molecule has 4 N–H and O–H groups in total. The molecule has 1 aliphatic heterocycles. The summed E-state index contributed by atoms with van der Waals surface area (Å²) in [5, 5.41) is 11.7. The van der Waals surface area contributed by atoms with Crippen molar-refractivity contribution in [2.75, 3.05) is 13.1 Å². The van der Waals surface area contributed by atoms with E-state index in [0.717, 1.165) is 25.9 Å². The molecule has 1 fully saturated rings. The molecule has 0 aromatic rings. The van der Waals surface area contributed by atoms with E-state index in [1.807, 2.05) is 0 Å². The first-order chi connectivity index (χ1) is 6.61. The van der Waals surface area contributed by atoms with Gasteiger partial charge < -0.3 is 16.2 Å². The average Bonchev–Trinajstić information content (AvgIpc) is 2.19. The summed E-state index contributed by atoms with van der Waals surface area (Å²) < 4.78 is 13.5. The minimum Gasteiger partial charge on any atom is -0.480 e. The Hall–Kier alpha value is -0.680. The van der Waals surface area contributed by atoms with Gasteiger partial charge in [0.15, 0.2) is 0 Å². The Kier molecular flexibility index (Phi) is 4.28. The summed E-state index contributed by atoms with van der Waals surface area (Å²) in [6.45, 7) is 1.63. The van der Waals surface area contributed by atoms with Gasteiger partial charge in [0.25, 0.3) is 0 Å². The molecule has 0 bridgehead atoms. The predicted molar refractivity (Wildman–Crippen MR) is 50.7 cm³/mol. The van der Waals surface area contributed by atoms with E-state index >= 15 is 0 Å². The molecular formula is C9H17FN2O2. The zero-order chi connectivity index (χ0) is 10.6. The quantitative estimate of drug-likeness (QED) is 0.608. The summed E-state index contributed by atoms with van der Waals surface area (Å²) in [7, 11) is 0. The smallest absolute Gasteiger partial charge is 0.320 e. The van der Waals surface area contributed by atoms with Gasteiger partial charge in [0.05, 0.1) is 0 Å². The molecular weight excluding hydrogens is 187 g/mol. The fourth-order valence-corrected chi connectivity index (χ4v) is 1.74. The van der Waals surface area contributed by atoms with Gasteiger partial charge in [-0.2, -0.15) is 0 Å². The first kappa shape index (κ1) is 11.4. The van der Waals surface area contributed by atoms with Gasteiger partial charge in [0.2, 0.25) is 0 Å². The van der Waals surface area contributed by atoms with Crippen LogP contribution >= 0.6 is 0 Å². The van der Waals surface area contributed by atoms with Crippen molar-refractivity contribution in [1.29, 1.82) is 0 Å². The van der Waals surface area contributed by atoms with Gasteiger partial charge in [-0.15, -0.1) is 0 Å². The fourth-order valence-electron chi connectivity index (χ4n) is 1.74. The number of hydrogen-bond donors (Lipinski definition) is 3. The number of piperidine rings is 1. The summed E-state index contributed by atoms with van der Waals surface area (Å²) in [5.41, 5.74) is 5.27. The van der Waals surface area contributed by atoms with Crippen LogP contribution in [0.4, 0.5) is 4.39 Å². The molecule has 14 heavy (non-hydrogen) atoms. The van der Waals surface area contributed by atoms with Crippen molar-refractivity contribution < 1.29 is 14.3 Å². The zero-order valence-electron chi connectivity index (χ0n) is 8.08. The third-order valence-electron chi connectivity index (χ3n) is 2.69. The van der Waals surface area contributed by atoms with E-state index in [0.29, 0.717) is 0 Å². The maximum absolute atomic E-state index is 13.5. The molecule has 1 heterocycles. The van der Waals surface area contributed by atoms with Crippen LogP contribution in [0, 0.1) is 5.92 Å². The molecule has 0 aromatic heterocycles. The van der Waals surface area contributed by atoms with E-state index in [9.17, 15) is 9.18 Å². The number of nitrogens with one attached hydrogen (secondary N) is 1. The summed E-state index contributed by atoms with van der Waals surface area (Å²) in [4.78, 5) is 10.4. The van der Waals surface area contributed by atoms with Crippen LogP contribution in [0.1, 0.15) is 19.3 Å². The van der Waals surface area contributed by atoms with E-state index in [-0.39, 0.29) is 12.3 Å². The Balaban J connectivity index is 2.32. The molecule has 2 unspecified atom stereocenters. The minimum absolute atomic E-state index is 0.0263. The van der Waals surface area contributed by atoms with Crippen molar-refractivity contribution in [3.63, 3.8) is 0 Å². The first-order valence-corrected chi connectivity index (χ1v) is 4.94. The second-order valence-corrected chi connectivity index (χ2v) is 3.78. The molecule has 1 saturated heterocycles. The molecule has 82 valence electrons. The maximum Gasteiger partial charge on any atom is 0.320 e. The summed E-state index contributed by atoms with van der Waals surface area (Å²) >= 11 is 0. The summed E-state index contributed by atoms with van der Waals surface area (Å²) in [5.74, 6) is -1.15. The summed E-state index contributed by atoms with van der Waals surface area (Å²) in [6.07, 6.45) is 0.393. The number of carboxylic acid groups (broad SMARTS) is 1. The van der Waals surface area contributed by atoms with Crippen molar-refractivity contribution in [3.8, 4) is 0 Å². The van der Waals surface area contributed by atoms with Crippen molar-refractivity contribution in [1.82, 2.24) is 5.32 Å². The standard InChI is InChI=1S/C9H17FN2O2/c10-7(5-8(11)9(13)14)6-1-3-12-4-2-6/h6-8,12H,1-5,11H2,(H,13,14). The molecule has 0 radical (unpaired) electrons. The largest absolute Gasteiger partial charge is 0.480 e. The number of halogens is 1. The molecule has 0 saturated carbocycles. The molecule has 4 nitrogen and oxygen atoms in total. The second-order valence-electron chi connectivity index (χ2n) is 3.78. The van der Waals surface area contributed by atoms with Crippen molar-refractivity contribution >= 4 is 5.97 Å². The van der Waals surface area contributed by atoms with Crippen molar-refractivity contribution in [2.24, 2.45) is 11.7 Å². The number of rotatable bonds is 4. The molecule has 1 rings (SSSR count). The van der Waals surface area contributed by atoms with Gasteiger partial charge in [-0.1, -0.05) is 0 Å². The topological polar surface area (TPSA) is 75.3 Å². The molecule has 0 spiro atoms. The fraction of sp³-hybridized carbons (Fsp3) is 0.889. The molecule has 0 aliphatic carbocycles. The van der Waals surface area contributed by atoms with Gasteiger partial charge in [-0.05, 0) is 31.8 Å². The van der Waals surface area contributed by atoms with E-state index in [1.54, 1.807) is 0 Å². The Morgan fingerprint density at radius 2 is 2.14 bits per heavy atom. The van der Waals surface area contributed by atoms with Gasteiger partial charge in [0, 0.05) is 6.42 Å². The van der Waals surface area contributed by atoms with Crippen LogP contribution in [-0.4, -0.2) is 36.4 Å². The van der Waals surface area contributed by atoms with Crippen LogP contribution in [0.25, 0.3) is 0 Å². The Morgan fingerprint density at radius 1 is 1.57 bits per heavy atom. The minimum atomic E-state index is -1.12. The molecule has 2 atom stereocenters. The Bertz CT molecular complexity index is 195. The monoisotopic (exact) mass is 204 g/mol. The van der Waals surface area contributed by atoms with Crippen LogP contribution in [0.5, 0.6) is 0 Å². The molecule has 0 aromatic carbocycles. The van der Waals surface area contributed by atoms with Gasteiger partial charge in [-0.25, -0.2) is 4.39 Å². The number of carboxylic acids is 1. The molecule has 1 aliphatic rings. The Morgan fingerprint density at radius 3 is 2.64 bits per heavy atom. The van der Waals surface area contributed by atoms with Crippen LogP contribution in [-0.2, 0) is 4.79 Å². The van der Waals surface area contributed by atoms with Crippen LogP contribution in [0.3, 0.4) is 0 Å². The van der Waals surface area contributed by atoms with E-state index in [1.165, 1.54) is 0 Å². The first-order valence-electron chi connectivity index (χ1n) is 4.94. The highest BCUT2D eigenvalue weighted by atomic mass is 19.1. The number of carbonyl (C=O) groups is 1. The highest BCUT2D eigenvalue weighted by Crippen LogP contribution is 2.22. The normalized spacial score (nSPS) is 23.0. The SMILES string of the molecule is NC(CC(F)C1CCNCC1)C(=O)O. The number of hydrogen-bond acceptors (Lipinski definition) is 3. The van der Waals surface area contributed by atoms with Gasteiger partial charge >= 0.3 is 5.97 Å². The lowest BCUT2D eigenvalue weighted by molar-refractivity contribution is -0.139. The van der Waals surface area contributed by atoms with E-state index in [4.69, 9.17) is 10.8 Å². The average molecular weight is 204 g/mol. The molecule has 0 amide bonds. The lowest BCUT2D eigenvalue weighted by Gasteiger charge is -2.26. The zero-order valence-corrected chi connectivity index (χ0v) is 8.08. The van der Waals surface area contributed by atoms with Gasteiger partial charge in [0.1, 0.15) is 12.2 Å². The van der Waals surface area contributed by atoms with Crippen LogP contribution in [0.15, 0.2) is 0 Å². The Labute approximate surface area is 82.7 Å². The highest BCUT2D eigenvalue weighted by molar-refractivity contribution is 5.73. The third kappa shape index (κ3) is 3.23. The lowest BCUT2D eigenvalue weighted by atomic mass is 9.90. The second kappa shape index (κ2) is 5.26. The number of aliphatic carboxylic acids is 1. The summed E-state index contributed by atoms with van der Waals surface area (Å²) in [6, 6.07) is -1.07. The van der Waals surface area contributed by atoms with E-state index in [2.05, 4.69) is 5.32 Å². The number of alkyl halides is 1. The maximum atomic E-state index is 13.5. The van der Waals surface area contributed by atoms with Crippen LogP contribution < -0.4 is 11.1 Å². The van der Waals surface area contributed by atoms with E-state index < -0.39 is 18.2 Å². The third-order valence-corrected chi connectivity index (χ3v) is 2.69. The van der Waals surface area contributed by atoms with Crippen molar-refractivity contribution in [3.05, 3.63) is 0 Å². The number of nitrogens with two attached hydrogens (primary N) is 1. The molecule has 5 heteroatoms. The van der Waals surface area contributed by atoms with Crippen molar-refractivity contribution in [2.45, 2.75) is 31.5 Å². The predicted octanol–water partition coefficient (Wildman–Crippen LogP) is 0.126. The van der Waals surface area contributed by atoms with Gasteiger partial charge in [-0.3, -0.25) is 4.79 Å². The highest BCUT2D eigenvalue weighted by Gasteiger charge is 2.26.